The van der Waals surface area contributed by atoms with Gasteiger partial charge in [-0.1, -0.05) is 6.07 Å². The molecule has 16 heavy (non-hydrogen) atoms. The molecule has 0 bridgehead atoms. The van der Waals surface area contributed by atoms with Crippen molar-refractivity contribution >= 4 is 23.0 Å². The average molecular weight is 223 g/mol. The highest BCUT2D eigenvalue weighted by Gasteiger charge is 2.11. The lowest BCUT2D eigenvalue weighted by atomic mass is 10.3. The number of hydrogen-bond acceptors (Lipinski definition) is 3. The Morgan fingerprint density at radius 3 is 3.00 bits per heavy atom. The maximum Gasteiger partial charge on any atom is 0.305 e. The van der Waals surface area contributed by atoms with Crippen molar-refractivity contribution in [3.8, 4) is 0 Å². The van der Waals surface area contributed by atoms with Crippen LogP contribution in [-0.2, 0) is 11.3 Å². The molecule has 0 amide bonds. The summed E-state index contributed by atoms with van der Waals surface area (Å²) in [6, 6.07) is 4.48. The number of imidazole rings is 1. The van der Waals surface area contributed by atoms with E-state index in [1.54, 1.807) is 6.07 Å². The van der Waals surface area contributed by atoms with E-state index in [0.717, 1.165) is 0 Å². The van der Waals surface area contributed by atoms with Gasteiger partial charge in [0.15, 0.2) is 5.82 Å². The molecule has 0 atom stereocenters. The number of carbonyl (C=O) groups is 1. The van der Waals surface area contributed by atoms with Gasteiger partial charge in [0.2, 0.25) is 5.95 Å². The van der Waals surface area contributed by atoms with E-state index >= 15 is 0 Å². The predicted octanol–water partition coefficient (Wildman–Crippen LogP) is 1.23. The molecule has 1 aromatic carbocycles. The molecule has 1 aromatic heterocycles. The van der Waals surface area contributed by atoms with Gasteiger partial charge in [-0.05, 0) is 12.1 Å². The molecule has 2 rings (SSSR count). The van der Waals surface area contributed by atoms with E-state index in [-0.39, 0.29) is 24.4 Å². The number of rotatable bonds is 3. The maximum atomic E-state index is 13.3. The number of aromatic nitrogens is 2. The normalized spacial score (nSPS) is 10.8. The summed E-state index contributed by atoms with van der Waals surface area (Å²) in [5.74, 6) is -1.27. The number of aliphatic carboxylic acids is 1. The fourth-order valence-electron chi connectivity index (χ4n) is 1.57. The first kappa shape index (κ1) is 10.4. The number of fused-ring (bicyclic) bond motifs is 1. The number of nitrogens with zero attached hydrogens (tertiary/aromatic N) is 2. The van der Waals surface area contributed by atoms with Crippen LogP contribution < -0.4 is 5.73 Å². The SMILES string of the molecule is Nc1nc2c(F)cccc2n1CCC(=O)O. The van der Waals surface area contributed by atoms with Crippen molar-refractivity contribution in [1.29, 1.82) is 0 Å². The Balaban J connectivity index is 2.48. The minimum Gasteiger partial charge on any atom is -0.481 e. The number of nitrogens with two attached hydrogens (primary N) is 1. The van der Waals surface area contributed by atoms with Crippen LogP contribution in [-0.4, -0.2) is 20.6 Å². The fraction of sp³-hybridized carbons (Fsp3) is 0.200. The molecule has 2 aromatic rings. The number of para-hydroxylation sites is 1. The minimum atomic E-state index is -0.933. The Labute approximate surface area is 90.3 Å². The lowest BCUT2D eigenvalue weighted by molar-refractivity contribution is -0.137. The quantitative estimate of drug-likeness (QED) is 0.820. The Hall–Kier alpha value is -2.11. The van der Waals surface area contributed by atoms with E-state index in [0.29, 0.717) is 5.52 Å². The third kappa shape index (κ3) is 1.69. The van der Waals surface area contributed by atoms with Crippen molar-refractivity contribution in [2.24, 2.45) is 0 Å². The predicted molar refractivity (Wildman–Crippen MR) is 56.4 cm³/mol. The second-order valence-corrected chi connectivity index (χ2v) is 3.37. The van der Waals surface area contributed by atoms with Crippen LogP contribution in [0, 0.1) is 5.82 Å². The lowest BCUT2D eigenvalue weighted by Crippen LogP contribution is -2.07. The summed E-state index contributed by atoms with van der Waals surface area (Å²) in [7, 11) is 0. The van der Waals surface area contributed by atoms with Crippen LogP contribution in [0.3, 0.4) is 0 Å². The van der Waals surface area contributed by atoms with E-state index in [1.807, 2.05) is 0 Å². The van der Waals surface area contributed by atoms with Gasteiger partial charge >= 0.3 is 5.97 Å². The Morgan fingerprint density at radius 1 is 1.56 bits per heavy atom. The van der Waals surface area contributed by atoms with Crippen molar-refractivity contribution in [3.05, 3.63) is 24.0 Å². The lowest BCUT2D eigenvalue weighted by Gasteiger charge is -2.03. The topological polar surface area (TPSA) is 81.1 Å². The highest BCUT2D eigenvalue weighted by Crippen LogP contribution is 2.20. The Morgan fingerprint density at radius 2 is 2.31 bits per heavy atom. The summed E-state index contributed by atoms with van der Waals surface area (Å²) in [5, 5.41) is 8.58. The number of anilines is 1. The molecule has 84 valence electrons. The number of aryl methyl sites for hydroxylation is 1. The number of benzene rings is 1. The molecule has 5 nitrogen and oxygen atoms in total. The largest absolute Gasteiger partial charge is 0.481 e. The van der Waals surface area contributed by atoms with Gasteiger partial charge in [-0.2, -0.15) is 0 Å². The number of halogens is 1. The third-order valence-electron chi connectivity index (χ3n) is 2.31. The zero-order valence-electron chi connectivity index (χ0n) is 8.35. The van der Waals surface area contributed by atoms with E-state index in [9.17, 15) is 9.18 Å². The van der Waals surface area contributed by atoms with Gasteiger partial charge in [0.05, 0.1) is 11.9 Å². The monoisotopic (exact) mass is 223 g/mol. The molecular formula is C10H10FN3O2. The van der Waals surface area contributed by atoms with Crippen molar-refractivity contribution in [2.45, 2.75) is 13.0 Å². The standard InChI is InChI=1S/C10H10FN3O2/c11-6-2-1-3-7-9(6)13-10(12)14(7)5-4-8(15)16/h1-3H,4-5H2,(H2,12,13)(H,15,16). The van der Waals surface area contributed by atoms with Gasteiger partial charge in [0.25, 0.3) is 0 Å². The number of carboxylic acid groups (broad SMARTS) is 1. The fourth-order valence-corrected chi connectivity index (χ4v) is 1.57. The molecule has 0 radical (unpaired) electrons. The van der Waals surface area contributed by atoms with Gasteiger partial charge in [0.1, 0.15) is 5.52 Å². The third-order valence-corrected chi connectivity index (χ3v) is 2.31. The molecule has 3 N–H and O–H groups in total. The molecule has 0 saturated carbocycles. The zero-order chi connectivity index (χ0) is 11.7. The maximum absolute atomic E-state index is 13.3. The summed E-state index contributed by atoms with van der Waals surface area (Å²) in [6.07, 6.45) is -0.0772. The molecular weight excluding hydrogens is 213 g/mol. The Kier molecular flexibility index (Phi) is 2.47. The van der Waals surface area contributed by atoms with Crippen LogP contribution in [0.25, 0.3) is 11.0 Å². The van der Waals surface area contributed by atoms with Crippen LogP contribution in [0.1, 0.15) is 6.42 Å². The molecule has 1 heterocycles. The Bertz CT molecular complexity index is 550. The van der Waals surface area contributed by atoms with Crippen LogP contribution in [0.5, 0.6) is 0 Å². The van der Waals surface area contributed by atoms with E-state index in [1.165, 1.54) is 16.7 Å². The van der Waals surface area contributed by atoms with Crippen molar-refractivity contribution in [1.82, 2.24) is 9.55 Å². The number of carboxylic acids is 1. The summed E-state index contributed by atoms with van der Waals surface area (Å²) < 4.78 is 14.8. The van der Waals surface area contributed by atoms with E-state index < -0.39 is 11.8 Å². The molecule has 0 spiro atoms. The molecule has 0 fully saturated rings. The first-order chi connectivity index (χ1) is 7.59. The first-order valence-corrected chi connectivity index (χ1v) is 4.71. The van der Waals surface area contributed by atoms with Crippen LogP contribution in [0.4, 0.5) is 10.3 Å². The molecule has 6 heteroatoms. The van der Waals surface area contributed by atoms with Gasteiger partial charge in [-0.15, -0.1) is 0 Å². The van der Waals surface area contributed by atoms with E-state index in [2.05, 4.69) is 4.98 Å². The summed E-state index contributed by atoms with van der Waals surface area (Å²) in [5.41, 5.74) is 6.29. The van der Waals surface area contributed by atoms with Crippen molar-refractivity contribution in [3.63, 3.8) is 0 Å². The summed E-state index contributed by atoms with van der Waals surface area (Å²) in [6.45, 7) is 0.182. The van der Waals surface area contributed by atoms with Crippen LogP contribution in [0.15, 0.2) is 18.2 Å². The van der Waals surface area contributed by atoms with Crippen LogP contribution >= 0.6 is 0 Å². The van der Waals surface area contributed by atoms with Gasteiger partial charge in [-0.25, -0.2) is 9.37 Å². The highest BCUT2D eigenvalue weighted by molar-refractivity contribution is 5.79. The molecule has 0 saturated heterocycles. The van der Waals surface area contributed by atoms with Gasteiger partial charge in [-0.3, -0.25) is 4.79 Å². The molecule has 0 unspecified atom stereocenters. The molecule has 0 aliphatic heterocycles. The first-order valence-electron chi connectivity index (χ1n) is 4.71. The second-order valence-electron chi connectivity index (χ2n) is 3.37. The van der Waals surface area contributed by atoms with Gasteiger partial charge < -0.3 is 15.4 Å². The summed E-state index contributed by atoms with van der Waals surface area (Å²) >= 11 is 0. The zero-order valence-corrected chi connectivity index (χ0v) is 8.35. The smallest absolute Gasteiger partial charge is 0.305 e. The van der Waals surface area contributed by atoms with Crippen molar-refractivity contribution < 1.29 is 14.3 Å². The molecule has 0 aliphatic carbocycles. The number of nitrogen functional groups attached to an aromatic ring is 1. The second kappa shape index (κ2) is 3.80. The molecule has 0 aliphatic rings. The van der Waals surface area contributed by atoms with Gasteiger partial charge in [0, 0.05) is 6.54 Å². The minimum absolute atomic E-state index is 0.0772. The highest BCUT2D eigenvalue weighted by atomic mass is 19.1. The summed E-state index contributed by atoms with van der Waals surface area (Å²) in [4.78, 5) is 14.3. The van der Waals surface area contributed by atoms with Crippen LogP contribution in [0.2, 0.25) is 0 Å². The van der Waals surface area contributed by atoms with E-state index in [4.69, 9.17) is 10.8 Å². The number of hydrogen-bond donors (Lipinski definition) is 2. The van der Waals surface area contributed by atoms with Crippen molar-refractivity contribution in [2.75, 3.05) is 5.73 Å². The average Bonchev–Trinajstić information content (AvgIpc) is 2.53.